The van der Waals surface area contributed by atoms with Crippen molar-refractivity contribution in [3.8, 4) is 11.3 Å². The van der Waals surface area contributed by atoms with Gasteiger partial charge in [-0.25, -0.2) is 0 Å². The van der Waals surface area contributed by atoms with Gasteiger partial charge in [0.2, 0.25) is 11.8 Å². The Bertz CT molecular complexity index is 892. The SMILES string of the molecule is CC1CC(C)CN(C(=O)CN2CCN(C(=O)CCc3ccc(-c4ccccc4)o3)CC2)C1. The van der Waals surface area contributed by atoms with Gasteiger partial charge in [0.25, 0.3) is 0 Å². The number of benzene rings is 1. The molecule has 3 heterocycles. The summed E-state index contributed by atoms with van der Waals surface area (Å²) in [5.41, 5.74) is 1.05. The van der Waals surface area contributed by atoms with E-state index in [0.29, 0.717) is 44.3 Å². The molecule has 0 spiro atoms. The smallest absolute Gasteiger partial charge is 0.236 e. The van der Waals surface area contributed by atoms with E-state index >= 15 is 0 Å². The molecule has 0 aliphatic carbocycles. The quantitative estimate of drug-likeness (QED) is 0.694. The van der Waals surface area contributed by atoms with Crippen molar-refractivity contribution in [1.82, 2.24) is 14.7 Å². The van der Waals surface area contributed by atoms with Gasteiger partial charge in [-0.2, -0.15) is 0 Å². The van der Waals surface area contributed by atoms with Crippen LogP contribution in [-0.4, -0.2) is 72.3 Å². The predicted octanol–water partition coefficient (Wildman–Crippen LogP) is 3.53. The summed E-state index contributed by atoms with van der Waals surface area (Å²) in [6.45, 7) is 9.57. The monoisotopic (exact) mass is 437 g/mol. The third-order valence-electron chi connectivity index (χ3n) is 6.61. The summed E-state index contributed by atoms with van der Waals surface area (Å²) in [6, 6.07) is 13.9. The van der Waals surface area contributed by atoms with E-state index in [0.717, 1.165) is 43.3 Å². The van der Waals surface area contributed by atoms with Gasteiger partial charge in [0, 0.05) is 57.7 Å². The molecule has 2 aromatic rings. The average molecular weight is 438 g/mol. The van der Waals surface area contributed by atoms with Gasteiger partial charge in [0.1, 0.15) is 11.5 Å². The third kappa shape index (κ3) is 5.80. The predicted molar refractivity (Wildman–Crippen MR) is 125 cm³/mol. The Kier molecular flexibility index (Phi) is 7.30. The number of amides is 2. The number of aryl methyl sites for hydroxylation is 1. The lowest BCUT2D eigenvalue weighted by molar-refractivity contribution is -0.136. The number of piperidine rings is 1. The van der Waals surface area contributed by atoms with Crippen molar-refractivity contribution in [1.29, 1.82) is 0 Å². The van der Waals surface area contributed by atoms with Gasteiger partial charge in [-0.05, 0) is 30.4 Å². The van der Waals surface area contributed by atoms with E-state index in [-0.39, 0.29) is 11.8 Å². The van der Waals surface area contributed by atoms with Gasteiger partial charge in [-0.15, -0.1) is 0 Å². The molecule has 2 aliphatic heterocycles. The Morgan fingerprint density at radius 2 is 1.56 bits per heavy atom. The molecule has 2 saturated heterocycles. The van der Waals surface area contributed by atoms with Crippen molar-refractivity contribution >= 4 is 11.8 Å². The number of hydrogen-bond donors (Lipinski definition) is 0. The maximum atomic E-state index is 12.7. The van der Waals surface area contributed by atoms with Gasteiger partial charge in [-0.3, -0.25) is 14.5 Å². The summed E-state index contributed by atoms with van der Waals surface area (Å²) < 4.78 is 5.92. The van der Waals surface area contributed by atoms with Crippen LogP contribution in [0, 0.1) is 11.8 Å². The highest BCUT2D eigenvalue weighted by Gasteiger charge is 2.28. The summed E-state index contributed by atoms with van der Waals surface area (Å²) in [5, 5.41) is 0. The van der Waals surface area contributed by atoms with E-state index in [1.54, 1.807) is 0 Å². The Morgan fingerprint density at radius 3 is 2.25 bits per heavy atom. The average Bonchev–Trinajstić information content (AvgIpc) is 3.27. The van der Waals surface area contributed by atoms with Crippen LogP contribution in [0.1, 0.15) is 32.4 Å². The molecule has 32 heavy (non-hydrogen) atoms. The van der Waals surface area contributed by atoms with Crippen molar-refractivity contribution in [3.63, 3.8) is 0 Å². The first-order valence-corrected chi connectivity index (χ1v) is 11.9. The molecule has 4 rings (SSSR count). The molecule has 2 unspecified atom stereocenters. The highest BCUT2D eigenvalue weighted by atomic mass is 16.3. The highest BCUT2D eigenvalue weighted by Crippen LogP contribution is 2.23. The second kappa shape index (κ2) is 10.3. The molecule has 1 aromatic heterocycles. The molecule has 2 amide bonds. The molecule has 6 nitrogen and oxygen atoms in total. The van der Waals surface area contributed by atoms with E-state index in [4.69, 9.17) is 4.42 Å². The molecule has 1 aromatic carbocycles. The zero-order valence-corrected chi connectivity index (χ0v) is 19.3. The van der Waals surface area contributed by atoms with Gasteiger partial charge < -0.3 is 14.2 Å². The van der Waals surface area contributed by atoms with Gasteiger partial charge in [-0.1, -0.05) is 44.2 Å². The number of likely N-dealkylation sites (tertiary alicyclic amines) is 1. The summed E-state index contributed by atoms with van der Waals surface area (Å²) >= 11 is 0. The van der Waals surface area contributed by atoms with Gasteiger partial charge >= 0.3 is 0 Å². The van der Waals surface area contributed by atoms with Crippen LogP contribution in [0.15, 0.2) is 46.9 Å². The fraction of sp³-hybridized carbons (Fsp3) is 0.538. The zero-order chi connectivity index (χ0) is 22.5. The second-order valence-electron chi connectivity index (χ2n) is 9.53. The molecular weight excluding hydrogens is 402 g/mol. The second-order valence-corrected chi connectivity index (χ2v) is 9.53. The van der Waals surface area contributed by atoms with Crippen LogP contribution in [0.5, 0.6) is 0 Å². The summed E-state index contributed by atoms with van der Waals surface area (Å²) in [4.78, 5) is 31.6. The topological polar surface area (TPSA) is 57.0 Å². The Balaban J connectivity index is 1.19. The van der Waals surface area contributed by atoms with Gasteiger partial charge in [0.15, 0.2) is 0 Å². The normalized spacial score (nSPS) is 22.2. The maximum Gasteiger partial charge on any atom is 0.236 e. The minimum absolute atomic E-state index is 0.160. The minimum Gasteiger partial charge on any atom is -0.461 e. The van der Waals surface area contributed by atoms with Crippen LogP contribution in [-0.2, 0) is 16.0 Å². The van der Waals surface area contributed by atoms with E-state index in [1.807, 2.05) is 52.3 Å². The number of piperazine rings is 1. The van der Waals surface area contributed by atoms with Crippen molar-refractivity contribution in [2.24, 2.45) is 11.8 Å². The first kappa shape index (κ1) is 22.6. The number of furan rings is 1. The van der Waals surface area contributed by atoms with Gasteiger partial charge in [0.05, 0.1) is 6.54 Å². The zero-order valence-electron chi connectivity index (χ0n) is 19.3. The molecule has 0 saturated carbocycles. The molecular formula is C26H35N3O3. The van der Waals surface area contributed by atoms with E-state index in [1.165, 1.54) is 6.42 Å². The van der Waals surface area contributed by atoms with E-state index in [9.17, 15) is 9.59 Å². The lowest BCUT2D eigenvalue weighted by Gasteiger charge is -2.38. The Labute approximate surface area is 191 Å². The first-order valence-electron chi connectivity index (χ1n) is 11.9. The van der Waals surface area contributed by atoms with Crippen LogP contribution < -0.4 is 0 Å². The van der Waals surface area contributed by atoms with E-state index < -0.39 is 0 Å². The molecule has 6 heteroatoms. The molecule has 2 atom stereocenters. The maximum absolute atomic E-state index is 12.7. The molecule has 172 valence electrons. The number of nitrogens with zero attached hydrogens (tertiary/aromatic N) is 3. The van der Waals surface area contributed by atoms with Crippen molar-refractivity contribution in [3.05, 3.63) is 48.2 Å². The molecule has 0 N–H and O–H groups in total. The summed E-state index contributed by atoms with van der Waals surface area (Å²) in [7, 11) is 0. The van der Waals surface area contributed by atoms with E-state index in [2.05, 4.69) is 18.7 Å². The lowest BCUT2D eigenvalue weighted by atomic mass is 9.92. The number of carbonyl (C=O) groups excluding carboxylic acids is 2. The standard InChI is InChI=1S/C26H35N3O3/c1-20-16-21(2)18-29(17-20)26(31)19-27-12-14-28(15-13-27)25(30)11-9-23-8-10-24(32-23)22-6-4-3-5-7-22/h3-8,10,20-21H,9,11-19H2,1-2H3. The molecule has 2 aliphatic rings. The Hall–Kier alpha value is -2.60. The van der Waals surface area contributed by atoms with Crippen LogP contribution >= 0.6 is 0 Å². The third-order valence-corrected chi connectivity index (χ3v) is 6.61. The number of carbonyl (C=O) groups is 2. The fourth-order valence-electron chi connectivity index (χ4n) is 4.97. The minimum atomic E-state index is 0.160. The number of hydrogen-bond acceptors (Lipinski definition) is 4. The lowest BCUT2D eigenvalue weighted by Crippen LogP contribution is -2.53. The summed E-state index contributed by atoms with van der Waals surface area (Å²) in [5.74, 6) is 3.22. The molecule has 2 fully saturated rings. The van der Waals surface area contributed by atoms with Crippen molar-refractivity contribution in [2.75, 3.05) is 45.8 Å². The van der Waals surface area contributed by atoms with Crippen LogP contribution in [0.4, 0.5) is 0 Å². The van der Waals surface area contributed by atoms with Crippen molar-refractivity contribution in [2.45, 2.75) is 33.1 Å². The van der Waals surface area contributed by atoms with Crippen LogP contribution in [0.2, 0.25) is 0 Å². The highest BCUT2D eigenvalue weighted by molar-refractivity contribution is 5.79. The number of rotatable bonds is 6. The molecule has 0 radical (unpaired) electrons. The first-order chi connectivity index (χ1) is 15.5. The largest absolute Gasteiger partial charge is 0.461 e. The fourth-order valence-corrected chi connectivity index (χ4v) is 4.97. The summed E-state index contributed by atoms with van der Waals surface area (Å²) in [6.07, 6.45) is 2.26. The van der Waals surface area contributed by atoms with Crippen molar-refractivity contribution < 1.29 is 14.0 Å². The molecule has 0 bridgehead atoms. The van der Waals surface area contributed by atoms with Crippen LogP contribution in [0.3, 0.4) is 0 Å². The van der Waals surface area contributed by atoms with Crippen LogP contribution in [0.25, 0.3) is 11.3 Å². The Morgan fingerprint density at radius 1 is 0.875 bits per heavy atom.